The molecule has 0 atom stereocenters. The van der Waals surface area contributed by atoms with E-state index in [-0.39, 0.29) is 0 Å². The summed E-state index contributed by atoms with van der Waals surface area (Å²) in [7, 11) is 0. The molecule has 0 fully saturated rings. The van der Waals surface area contributed by atoms with Gasteiger partial charge in [-0.2, -0.15) is 0 Å². The number of nitrogens with zero attached hydrogens (tertiary/aromatic N) is 3. The van der Waals surface area contributed by atoms with Crippen LogP contribution in [0.3, 0.4) is 0 Å². The minimum atomic E-state index is 0.796. The standard InChI is InChI=1S/C7H11N3/c1-4-5-10-6(2)8-9-7(10)3/h4H,1,5H2,2-3H3. The Kier molecular flexibility index (Phi) is 1.85. The van der Waals surface area contributed by atoms with E-state index in [4.69, 9.17) is 0 Å². The smallest absolute Gasteiger partial charge is 0.130 e. The van der Waals surface area contributed by atoms with Gasteiger partial charge in [0, 0.05) is 6.54 Å². The molecule has 3 heteroatoms. The van der Waals surface area contributed by atoms with Crippen molar-refractivity contribution in [2.75, 3.05) is 0 Å². The first-order valence-corrected chi connectivity index (χ1v) is 3.23. The predicted octanol–water partition coefficient (Wildman–Crippen LogP) is 1.08. The van der Waals surface area contributed by atoms with Crippen LogP contribution >= 0.6 is 0 Å². The highest BCUT2D eigenvalue weighted by Gasteiger charge is 1.99. The van der Waals surface area contributed by atoms with Crippen LogP contribution in [0.25, 0.3) is 0 Å². The monoisotopic (exact) mass is 137 g/mol. The zero-order valence-corrected chi connectivity index (χ0v) is 6.33. The minimum Gasteiger partial charge on any atom is -0.312 e. The topological polar surface area (TPSA) is 30.7 Å². The fourth-order valence-corrected chi connectivity index (χ4v) is 0.880. The quantitative estimate of drug-likeness (QED) is 0.571. The fraction of sp³-hybridized carbons (Fsp3) is 0.429. The molecule has 1 aromatic heterocycles. The van der Waals surface area contributed by atoms with Crippen LogP contribution in [-0.2, 0) is 6.54 Å². The summed E-state index contributed by atoms with van der Waals surface area (Å²) >= 11 is 0. The zero-order chi connectivity index (χ0) is 7.56. The van der Waals surface area contributed by atoms with Gasteiger partial charge in [-0.05, 0) is 13.8 Å². The van der Waals surface area contributed by atoms with Gasteiger partial charge >= 0.3 is 0 Å². The molecule has 3 nitrogen and oxygen atoms in total. The van der Waals surface area contributed by atoms with Gasteiger partial charge in [-0.25, -0.2) is 0 Å². The Hall–Kier alpha value is -1.12. The summed E-state index contributed by atoms with van der Waals surface area (Å²) < 4.78 is 2.01. The van der Waals surface area contributed by atoms with Crippen LogP contribution in [0.2, 0.25) is 0 Å². The third-order valence-corrected chi connectivity index (χ3v) is 1.43. The Balaban J connectivity index is 2.97. The third-order valence-electron chi connectivity index (χ3n) is 1.43. The molecule has 1 rings (SSSR count). The van der Waals surface area contributed by atoms with Gasteiger partial charge < -0.3 is 4.57 Å². The van der Waals surface area contributed by atoms with Crippen LogP contribution in [0.1, 0.15) is 11.6 Å². The van der Waals surface area contributed by atoms with Crippen LogP contribution in [-0.4, -0.2) is 14.8 Å². The number of allylic oxidation sites excluding steroid dienone is 1. The molecule has 10 heavy (non-hydrogen) atoms. The molecule has 0 saturated heterocycles. The lowest BCUT2D eigenvalue weighted by Crippen LogP contribution is -1.99. The molecule has 0 saturated carbocycles. The second-order valence-corrected chi connectivity index (χ2v) is 2.19. The lowest BCUT2D eigenvalue weighted by Gasteiger charge is -1.99. The van der Waals surface area contributed by atoms with Gasteiger partial charge in [0.1, 0.15) is 11.6 Å². The molecule has 0 unspecified atom stereocenters. The van der Waals surface area contributed by atoms with E-state index in [9.17, 15) is 0 Å². The first-order valence-electron chi connectivity index (χ1n) is 3.23. The molecule has 0 aliphatic rings. The number of hydrogen-bond acceptors (Lipinski definition) is 2. The fourth-order valence-electron chi connectivity index (χ4n) is 0.880. The molecule has 0 aliphatic heterocycles. The molecule has 1 aromatic rings. The van der Waals surface area contributed by atoms with Crippen LogP contribution in [0, 0.1) is 13.8 Å². The van der Waals surface area contributed by atoms with Gasteiger partial charge in [0.25, 0.3) is 0 Å². The highest BCUT2D eigenvalue weighted by Crippen LogP contribution is 1.98. The van der Waals surface area contributed by atoms with Crippen molar-refractivity contribution in [2.45, 2.75) is 20.4 Å². The van der Waals surface area contributed by atoms with Crippen molar-refractivity contribution >= 4 is 0 Å². The number of rotatable bonds is 2. The Labute approximate surface area is 60.4 Å². The summed E-state index contributed by atoms with van der Waals surface area (Å²) in [4.78, 5) is 0. The molecule has 0 amide bonds. The van der Waals surface area contributed by atoms with Crippen LogP contribution in [0.5, 0.6) is 0 Å². The molecule has 0 spiro atoms. The van der Waals surface area contributed by atoms with E-state index in [0.717, 1.165) is 18.2 Å². The summed E-state index contributed by atoms with van der Waals surface area (Å²) in [5.41, 5.74) is 0. The van der Waals surface area contributed by atoms with E-state index in [1.165, 1.54) is 0 Å². The minimum absolute atomic E-state index is 0.796. The summed E-state index contributed by atoms with van der Waals surface area (Å²) in [5, 5.41) is 7.80. The van der Waals surface area contributed by atoms with Crippen molar-refractivity contribution in [3.05, 3.63) is 24.3 Å². The van der Waals surface area contributed by atoms with Gasteiger partial charge in [-0.1, -0.05) is 6.08 Å². The summed E-state index contributed by atoms with van der Waals surface area (Å²) in [6.07, 6.45) is 1.84. The Morgan fingerprint density at radius 2 is 1.90 bits per heavy atom. The molecular formula is C7H11N3. The SMILES string of the molecule is C=CCn1c(C)nnc1C. The summed E-state index contributed by atoms with van der Waals surface area (Å²) in [6, 6.07) is 0. The van der Waals surface area contributed by atoms with Gasteiger partial charge in [-0.15, -0.1) is 16.8 Å². The number of aromatic nitrogens is 3. The zero-order valence-electron chi connectivity index (χ0n) is 6.33. The maximum Gasteiger partial charge on any atom is 0.130 e. The van der Waals surface area contributed by atoms with E-state index < -0.39 is 0 Å². The molecule has 1 heterocycles. The highest BCUT2D eigenvalue weighted by molar-refractivity contribution is 4.93. The molecule has 0 bridgehead atoms. The highest BCUT2D eigenvalue weighted by atomic mass is 15.3. The number of hydrogen-bond donors (Lipinski definition) is 0. The normalized spacial score (nSPS) is 9.80. The van der Waals surface area contributed by atoms with Crippen LogP contribution in [0.15, 0.2) is 12.7 Å². The Morgan fingerprint density at radius 3 is 2.30 bits per heavy atom. The maximum atomic E-state index is 3.90. The predicted molar refractivity (Wildman–Crippen MR) is 39.7 cm³/mol. The Bertz CT molecular complexity index is 217. The maximum absolute atomic E-state index is 3.90. The molecule has 0 aromatic carbocycles. The van der Waals surface area contributed by atoms with Crippen molar-refractivity contribution < 1.29 is 0 Å². The lowest BCUT2D eigenvalue weighted by atomic mass is 10.5. The van der Waals surface area contributed by atoms with Crippen molar-refractivity contribution in [2.24, 2.45) is 0 Å². The van der Waals surface area contributed by atoms with E-state index in [1.54, 1.807) is 0 Å². The molecular weight excluding hydrogens is 126 g/mol. The van der Waals surface area contributed by atoms with Crippen molar-refractivity contribution in [1.29, 1.82) is 0 Å². The van der Waals surface area contributed by atoms with Crippen LogP contribution in [0.4, 0.5) is 0 Å². The van der Waals surface area contributed by atoms with E-state index >= 15 is 0 Å². The van der Waals surface area contributed by atoms with E-state index in [0.29, 0.717) is 0 Å². The second-order valence-electron chi connectivity index (χ2n) is 2.19. The van der Waals surface area contributed by atoms with Gasteiger partial charge in [0.05, 0.1) is 0 Å². The second kappa shape index (κ2) is 2.64. The average Bonchev–Trinajstić information content (AvgIpc) is 2.20. The van der Waals surface area contributed by atoms with Gasteiger partial charge in [-0.3, -0.25) is 0 Å². The molecule has 0 N–H and O–H groups in total. The third kappa shape index (κ3) is 1.07. The van der Waals surface area contributed by atoms with E-state index in [2.05, 4.69) is 16.8 Å². The molecule has 54 valence electrons. The van der Waals surface area contributed by atoms with Crippen molar-refractivity contribution in [3.8, 4) is 0 Å². The number of aryl methyl sites for hydroxylation is 2. The molecule has 0 radical (unpaired) electrons. The van der Waals surface area contributed by atoms with Gasteiger partial charge in [0.15, 0.2) is 0 Å². The largest absolute Gasteiger partial charge is 0.312 e. The van der Waals surface area contributed by atoms with Crippen molar-refractivity contribution in [3.63, 3.8) is 0 Å². The summed E-state index contributed by atoms with van der Waals surface area (Å²) in [6.45, 7) is 8.31. The van der Waals surface area contributed by atoms with Gasteiger partial charge in [0.2, 0.25) is 0 Å². The Morgan fingerprint density at radius 1 is 1.40 bits per heavy atom. The van der Waals surface area contributed by atoms with Crippen LogP contribution < -0.4 is 0 Å². The summed E-state index contributed by atoms with van der Waals surface area (Å²) in [5.74, 6) is 1.88. The van der Waals surface area contributed by atoms with E-state index in [1.807, 2.05) is 24.5 Å². The first kappa shape index (κ1) is 6.99. The van der Waals surface area contributed by atoms with Crippen molar-refractivity contribution in [1.82, 2.24) is 14.8 Å². The molecule has 0 aliphatic carbocycles. The average molecular weight is 137 g/mol. The first-order chi connectivity index (χ1) is 4.75. The lowest BCUT2D eigenvalue weighted by molar-refractivity contribution is 0.752.